The Morgan fingerprint density at radius 1 is 1.20 bits per heavy atom. The summed E-state index contributed by atoms with van der Waals surface area (Å²) in [5.41, 5.74) is 6.17. The molecule has 1 saturated heterocycles. The minimum atomic E-state index is 0.0392. The molecule has 0 spiro atoms. The highest BCUT2D eigenvalue weighted by molar-refractivity contribution is 6.18. The smallest absolute Gasteiger partial charge is 0.219 e. The molecule has 5 rings (SSSR count). The number of nitrogens with zero attached hydrogens (tertiary/aromatic N) is 4. The van der Waals surface area contributed by atoms with Crippen molar-refractivity contribution < 1.29 is 9.53 Å². The molecule has 0 atom stereocenters. The summed E-state index contributed by atoms with van der Waals surface area (Å²) in [6.45, 7) is 6.27. The molecule has 2 aliphatic rings. The zero-order chi connectivity index (χ0) is 24.5. The summed E-state index contributed by atoms with van der Waals surface area (Å²) in [7, 11) is 1.89. The van der Waals surface area contributed by atoms with Crippen LogP contribution in [0.25, 0.3) is 22.0 Å². The van der Waals surface area contributed by atoms with Gasteiger partial charge in [-0.05, 0) is 42.8 Å². The van der Waals surface area contributed by atoms with Gasteiger partial charge in [0.1, 0.15) is 0 Å². The molecule has 0 aliphatic carbocycles. The number of pyridine rings is 1. The van der Waals surface area contributed by atoms with E-state index in [-0.39, 0.29) is 5.91 Å². The first-order valence-electron chi connectivity index (χ1n) is 12.2. The molecule has 2 aliphatic heterocycles. The van der Waals surface area contributed by atoms with E-state index in [1.165, 1.54) is 0 Å². The van der Waals surface area contributed by atoms with Crippen LogP contribution >= 0.6 is 0 Å². The molecular formula is C27H32N6O2. The van der Waals surface area contributed by atoms with Crippen LogP contribution in [0.2, 0.25) is 0 Å². The van der Waals surface area contributed by atoms with Crippen molar-refractivity contribution in [3.63, 3.8) is 0 Å². The molecule has 35 heavy (non-hydrogen) atoms. The van der Waals surface area contributed by atoms with Crippen molar-refractivity contribution in [2.45, 2.75) is 39.2 Å². The maximum absolute atomic E-state index is 12.2. The second-order valence-electron chi connectivity index (χ2n) is 9.56. The van der Waals surface area contributed by atoms with E-state index in [0.29, 0.717) is 24.8 Å². The van der Waals surface area contributed by atoms with E-state index in [4.69, 9.17) is 9.72 Å². The molecule has 0 unspecified atom stereocenters. The Hall–Kier alpha value is -3.52. The van der Waals surface area contributed by atoms with Gasteiger partial charge in [-0.15, -0.1) is 0 Å². The fourth-order valence-corrected chi connectivity index (χ4v) is 5.00. The van der Waals surface area contributed by atoms with Crippen LogP contribution in [-0.2, 0) is 16.6 Å². The van der Waals surface area contributed by atoms with Crippen LogP contribution in [0.3, 0.4) is 0 Å². The Bertz CT molecular complexity index is 1320. The fourth-order valence-electron chi connectivity index (χ4n) is 5.00. The number of rotatable bonds is 5. The average molecular weight is 473 g/mol. The largest absolute Gasteiger partial charge is 0.385 e. The van der Waals surface area contributed by atoms with E-state index in [2.05, 4.69) is 35.5 Å². The molecular weight excluding hydrogens is 440 g/mol. The first-order chi connectivity index (χ1) is 16.9. The third kappa shape index (κ3) is 4.84. The van der Waals surface area contributed by atoms with Crippen LogP contribution in [-0.4, -0.2) is 63.6 Å². The number of ether oxygens (including phenoxy) is 1. The highest BCUT2D eigenvalue weighted by atomic mass is 16.5. The van der Waals surface area contributed by atoms with Crippen molar-refractivity contribution in [1.82, 2.24) is 25.0 Å². The summed E-state index contributed by atoms with van der Waals surface area (Å²) in [5, 5.41) is 19.3. The number of aryl methyl sites for hydroxylation is 2. The zero-order valence-corrected chi connectivity index (χ0v) is 20.6. The highest BCUT2D eigenvalue weighted by Crippen LogP contribution is 2.29. The molecule has 2 aromatic heterocycles. The third-order valence-electron chi connectivity index (χ3n) is 6.94. The summed E-state index contributed by atoms with van der Waals surface area (Å²) in [6, 6.07) is 6.59. The van der Waals surface area contributed by atoms with Gasteiger partial charge in [-0.25, -0.2) is 0 Å². The standard InChI is InChI=1S/C27H32N6O2/c1-17-10-19-12-26(20-13-30-32(3)15-20)29-14-23(19)22(11-17)27(28)24-16-33(18(2)34)7-4-25(24)31-21-5-8-35-9-6-21/h10-15,21,28,31H,4-9,16H2,1-3H3. The summed E-state index contributed by atoms with van der Waals surface area (Å²) in [5.74, 6) is 0.0392. The monoisotopic (exact) mass is 472 g/mol. The van der Waals surface area contributed by atoms with Gasteiger partial charge in [0.15, 0.2) is 0 Å². The number of fused-ring (bicyclic) bond motifs is 1. The lowest BCUT2D eigenvalue weighted by atomic mass is 9.91. The van der Waals surface area contributed by atoms with Crippen LogP contribution < -0.4 is 5.32 Å². The number of amides is 1. The van der Waals surface area contributed by atoms with Gasteiger partial charge in [0, 0.05) is 92.9 Å². The Labute approximate surface area is 205 Å². The van der Waals surface area contributed by atoms with Crippen LogP contribution in [0.1, 0.15) is 37.3 Å². The molecule has 0 radical (unpaired) electrons. The number of carbonyl (C=O) groups excluding carboxylic acids is 1. The van der Waals surface area contributed by atoms with Gasteiger partial charge in [-0.3, -0.25) is 19.9 Å². The van der Waals surface area contributed by atoms with Crippen molar-refractivity contribution in [3.05, 3.63) is 59.2 Å². The van der Waals surface area contributed by atoms with Crippen LogP contribution in [0.15, 0.2) is 48.1 Å². The first-order valence-corrected chi connectivity index (χ1v) is 12.2. The lowest BCUT2D eigenvalue weighted by Crippen LogP contribution is -2.43. The Balaban J connectivity index is 1.55. The number of carbonyl (C=O) groups is 1. The summed E-state index contributed by atoms with van der Waals surface area (Å²) in [4.78, 5) is 18.8. The van der Waals surface area contributed by atoms with E-state index >= 15 is 0 Å². The predicted octanol–water partition coefficient (Wildman–Crippen LogP) is 3.59. The summed E-state index contributed by atoms with van der Waals surface area (Å²) < 4.78 is 7.29. The van der Waals surface area contributed by atoms with E-state index < -0.39 is 0 Å². The SMILES string of the molecule is CC(=O)N1CCC(NC2CCOCC2)=C(C(=N)c2cc(C)cc3cc(-c4cnn(C)c4)ncc23)C1. The van der Waals surface area contributed by atoms with Crippen LogP contribution in [0, 0.1) is 12.3 Å². The summed E-state index contributed by atoms with van der Waals surface area (Å²) >= 11 is 0. The maximum Gasteiger partial charge on any atom is 0.219 e. The third-order valence-corrected chi connectivity index (χ3v) is 6.94. The molecule has 8 nitrogen and oxygen atoms in total. The topological polar surface area (TPSA) is 96.1 Å². The second kappa shape index (κ2) is 9.62. The van der Waals surface area contributed by atoms with Gasteiger partial charge in [-0.2, -0.15) is 5.10 Å². The molecule has 182 valence electrons. The van der Waals surface area contributed by atoms with Crippen molar-refractivity contribution >= 4 is 22.4 Å². The normalized spacial score (nSPS) is 17.2. The van der Waals surface area contributed by atoms with E-state index in [9.17, 15) is 10.2 Å². The van der Waals surface area contributed by atoms with Gasteiger partial charge >= 0.3 is 0 Å². The number of aromatic nitrogens is 3. The van der Waals surface area contributed by atoms with Crippen molar-refractivity contribution in [3.8, 4) is 11.3 Å². The number of nitrogens with one attached hydrogen (secondary N) is 2. The maximum atomic E-state index is 12.2. The van der Waals surface area contributed by atoms with Gasteiger partial charge in [0.25, 0.3) is 0 Å². The van der Waals surface area contributed by atoms with Gasteiger partial charge < -0.3 is 15.0 Å². The molecule has 4 heterocycles. The minimum absolute atomic E-state index is 0.0392. The number of hydrogen-bond donors (Lipinski definition) is 2. The van der Waals surface area contributed by atoms with Crippen molar-refractivity contribution in [1.29, 1.82) is 5.41 Å². The first kappa shape index (κ1) is 23.2. The Morgan fingerprint density at radius 2 is 2.00 bits per heavy atom. The van der Waals surface area contributed by atoms with Crippen LogP contribution in [0.5, 0.6) is 0 Å². The molecule has 1 amide bonds. The number of hydrogen-bond acceptors (Lipinski definition) is 6. The molecule has 2 N–H and O–H groups in total. The lowest BCUT2D eigenvalue weighted by Gasteiger charge is -2.34. The van der Waals surface area contributed by atoms with Gasteiger partial charge in [-0.1, -0.05) is 6.07 Å². The lowest BCUT2D eigenvalue weighted by molar-refractivity contribution is -0.128. The quantitative estimate of drug-likeness (QED) is 0.554. The fraction of sp³-hybridized carbons (Fsp3) is 0.407. The summed E-state index contributed by atoms with van der Waals surface area (Å²) in [6.07, 6.45) is 8.25. The molecule has 0 saturated carbocycles. The van der Waals surface area contributed by atoms with Crippen molar-refractivity contribution in [2.75, 3.05) is 26.3 Å². The number of benzene rings is 1. The van der Waals surface area contributed by atoms with E-state index in [1.807, 2.05) is 30.5 Å². The van der Waals surface area contributed by atoms with Gasteiger partial charge in [0.05, 0.1) is 17.6 Å². The Kier molecular flexibility index (Phi) is 6.38. The molecule has 0 bridgehead atoms. The molecule has 1 aromatic carbocycles. The molecule has 3 aromatic rings. The molecule has 1 fully saturated rings. The second-order valence-corrected chi connectivity index (χ2v) is 9.56. The highest BCUT2D eigenvalue weighted by Gasteiger charge is 2.27. The van der Waals surface area contributed by atoms with Crippen molar-refractivity contribution in [2.24, 2.45) is 7.05 Å². The molecule has 8 heteroatoms. The average Bonchev–Trinajstić information content (AvgIpc) is 3.29. The Morgan fingerprint density at radius 3 is 2.71 bits per heavy atom. The van der Waals surface area contributed by atoms with E-state index in [1.54, 1.807) is 11.6 Å². The van der Waals surface area contributed by atoms with Gasteiger partial charge in [0.2, 0.25) is 5.91 Å². The predicted molar refractivity (Wildman–Crippen MR) is 136 cm³/mol. The zero-order valence-electron chi connectivity index (χ0n) is 20.6. The van der Waals surface area contributed by atoms with E-state index in [0.717, 1.165) is 76.9 Å². The van der Waals surface area contributed by atoms with Crippen LogP contribution in [0.4, 0.5) is 0 Å². The minimum Gasteiger partial charge on any atom is -0.385 e.